The highest BCUT2D eigenvalue weighted by atomic mass is 16.2. The average molecular weight is 258 g/mol. The summed E-state index contributed by atoms with van der Waals surface area (Å²) < 4.78 is 0. The molecule has 4 N–H and O–H groups in total. The van der Waals surface area contributed by atoms with E-state index in [0.717, 1.165) is 17.2 Å². The summed E-state index contributed by atoms with van der Waals surface area (Å²) in [4.78, 5) is 15.3. The van der Waals surface area contributed by atoms with Crippen LogP contribution in [0.2, 0.25) is 0 Å². The van der Waals surface area contributed by atoms with Gasteiger partial charge < -0.3 is 11.1 Å². The number of nitrogens with one attached hydrogen (secondary N) is 2. The largest absolute Gasteiger partial charge is 0.352 e. The zero-order valence-electron chi connectivity index (χ0n) is 10.4. The molecule has 2 aliphatic rings. The Morgan fingerprint density at radius 1 is 1.42 bits per heavy atom. The molecule has 1 aromatic carbocycles. The first-order valence-electron chi connectivity index (χ1n) is 5.95. The summed E-state index contributed by atoms with van der Waals surface area (Å²) in [6, 6.07) is 9.04. The number of amides is 2. The highest BCUT2D eigenvalue weighted by Gasteiger charge is 2.38. The van der Waals surface area contributed by atoms with Gasteiger partial charge in [-0.3, -0.25) is 5.32 Å². The molecule has 19 heavy (non-hydrogen) atoms. The minimum atomic E-state index is -0.609. The SMILES string of the molecule is CC1=NN(c2ccccc2)C2=NC(NC(N)=O)NC12. The number of benzene rings is 1. The van der Waals surface area contributed by atoms with Crippen LogP contribution < -0.4 is 21.4 Å². The minimum absolute atomic E-state index is 0.0861. The summed E-state index contributed by atoms with van der Waals surface area (Å²) in [5.41, 5.74) is 6.93. The first kappa shape index (κ1) is 11.7. The summed E-state index contributed by atoms with van der Waals surface area (Å²) >= 11 is 0. The van der Waals surface area contributed by atoms with E-state index in [1.54, 1.807) is 5.01 Å². The van der Waals surface area contributed by atoms with Gasteiger partial charge in [-0.15, -0.1) is 0 Å². The Bertz CT molecular complexity index is 567. The van der Waals surface area contributed by atoms with Crippen molar-refractivity contribution >= 4 is 23.3 Å². The third-order valence-corrected chi connectivity index (χ3v) is 3.02. The highest BCUT2D eigenvalue weighted by Crippen LogP contribution is 2.24. The number of carbonyl (C=O) groups excluding carboxylic acids is 1. The van der Waals surface area contributed by atoms with Crippen LogP contribution in [0, 0.1) is 0 Å². The van der Waals surface area contributed by atoms with Crippen LogP contribution in [0.25, 0.3) is 0 Å². The molecule has 0 saturated carbocycles. The molecule has 2 amide bonds. The number of urea groups is 1. The molecular weight excluding hydrogens is 244 g/mol. The van der Waals surface area contributed by atoms with Crippen LogP contribution in [-0.4, -0.2) is 29.9 Å². The van der Waals surface area contributed by atoms with Crippen molar-refractivity contribution in [2.45, 2.75) is 19.3 Å². The highest BCUT2D eigenvalue weighted by molar-refractivity contribution is 6.21. The monoisotopic (exact) mass is 258 g/mol. The number of anilines is 1. The molecule has 7 nitrogen and oxygen atoms in total. The van der Waals surface area contributed by atoms with E-state index in [2.05, 4.69) is 20.7 Å². The van der Waals surface area contributed by atoms with Crippen molar-refractivity contribution in [3.8, 4) is 0 Å². The van der Waals surface area contributed by atoms with Crippen LogP contribution in [0.3, 0.4) is 0 Å². The molecule has 2 atom stereocenters. The van der Waals surface area contributed by atoms with Gasteiger partial charge in [-0.1, -0.05) is 18.2 Å². The van der Waals surface area contributed by atoms with Gasteiger partial charge in [0.15, 0.2) is 12.1 Å². The lowest BCUT2D eigenvalue weighted by Gasteiger charge is -2.14. The van der Waals surface area contributed by atoms with Crippen molar-refractivity contribution in [1.82, 2.24) is 10.6 Å². The summed E-state index contributed by atoms with van der Waals surface area (Å²) in [6.45, 7) is 1.92. The molecule has 2 unspecified atom stereocenters. The lowest BCUT2D eigenvalue weighted by molar-refractivity contribution is 0.244. The van der Waals surface area contributed by atoms with Crippen molar-refractivity contribution in [2.75, 3.05) is 5.01 Å². The fraction of sp³-hybridized carbons (Fsp3) is 0.250. The summed E-state index contributed by atoms with van der Waals surface area (Å²) in [5.74, 6) is 0.766. The van der Waals surface area contributed by atoms with Gasteiger partial charge in [0.25, 0.3) is 0 Å². The van der Waals surface area contributed by atoms with Crippen molar-refractivity contribution in [2.24, 2.45) is 15.8 Å². The third kappa shape index (κ3) is 2.04. The maximum Gasteiger partial charge on any atom is 0.314 e. The second-order valence-electron chi connectivity index (χ2n) is 4.39. The Hall–Kier alpha value is -2.41. The van der Waals surface area contributed by atoms with Crippen molar-refractivity contribution < 1.29 is 4.79 Å². The topological polar surface area (TPSA) is 95.1 Å². The van der Waals surface area contributed by atoms with Crippen LogP contribution in [-0.2, 0) is 0 Å². The van der Waals surface area contributed by atoms with Crippen LogP contribution in [0.4, 0.5) is 10.5 Å². The number of nitrogens with zero attached hydrogens (tertiary/aromatic N) is 3. The molecule has 0 fully saturated rings. The first-order chi connectivity index (χ1) is 9.15. The van der Waals surface area contributed by atoms with E-state index in [1.165, 1.54) is 0 Å². The van der Waals surface area contributed by atoms with Gasteiger partial charge in [-0.05, 0) is 19.1 Å². The third-order valence-electron chi connectivity index (χ3n) is 3.02. The van der Waals surface area contributed by atoms with Crippen LogP contribution in [0.15, 0.2) is 40.4 Å². The molecule has 0 saturated heterocycles. The number of para-hydroxylation sites is 1. The average Bonchev–Trinajstić information content (AvgIpc) is 2.90. The molecule has 0 bridgehead atoms. The first-order valence-corrected chi connectivity index (χ1v) is 5.95. The number of primary amides is 1. The zero-order valence-corrected chi connectivity index (χ0v) is 10.4. The predicted molar refractivity (Wildman–Crippen MR) is 72.9 cm³/mol. The lowest BCUT2D eigenvalue weighted by atomic mass is 10.2. The fourth-order valence-corrected chi connectivity index (χ4v) is 2.20. The normalized spacial score (nSPS) is 24.8. The number of hydrogen-bond donors (Lipinski definition) is 3. The van der Waals surface area contributed by atoms with Gasteiger partial charge in [-0.25, -0.2) is 14.8 Å². The maximum absolute atomic E-state index is 10.9. The van der Waals surface area contributed by atoms with E-state index in [-0.39, 0.29) is 6.04 Å². The van der Waals surface area contributed by atoms with E-state index >= 15 is 0 Å². The quantitative estimate of drug-likeness (QED) is 0.707. The van der Waals surface area contributed by atoms with Gasteiger partial charge in [0.1, 0.15) is 6.04 Å². The van der Waals surface area contributed by atoms with Gasteiger partial charge >= 0.3 is 6.03 Å². The number of aliphatic imine (C=N–C) groups is 1. The van der Waals surface area contributed by atoms with E-state index in [9.17, 15) is 4.79 Å². The van der Waals surface area contributed by atoms with Crippen molar-refractivity contribution in [1.29, 1.82) is 0 Å². The van der Waals surface area contributed by atoms with E-state index in [1.807, 2.05) is 37.3 Å². The van der Waals surface area contributed by atoms with Crippen molar-refractivity contribution in [3.63, 3.8) is 0 Å². The molecule has 0 aliphatic carbocycles. The number of fused-ring (bicyclic) bond motifs is 1. The summed E-state index contributed by atoms with van der Waals surface area (Å²) in [5, 5.41) is 11.9. The van der Waals surface area contributed by atoms with Crippen LogP contribution >= 0.6 is 0 Å². The summed E-state index contributed by atoms with van der Waals surface area (Å²) in [7, 11) is 0. The minimum Gasteiger partial charge on any atom is -0.352 e. The maximum atomic E-state index is 10.9. The molecule has 0 aromatic heterocycles. The second-order valence-corrected chi connectivity index (χ2v) is 4.39. The number of hydrogen-bond acceptors (Lipinski definition) is 5. The molecule has 98 valence electrons. The Labute approximate surface area is 110 Å². The standard InChI is InChI=1S/C12H14N6O/c1-7-9-10(15-12(14-9)16-11(13)19)18(17-7)8-5-3-2-4-6-8/h2-6,9,12,14H,1H3,(H3,13,16,19). The molecule has 0 radical (unpaired) electrons. The second kappa shape index (κ2) is 4.36. The molecule has 2 heterocycles. The lowest BCUT2D eigenvalue weighted by Crippen LogP contribution is -2.48. The van der Waals surface area contributed by atoms with E-state index in [4.69, 9.17) is 5.73 Å². The zero-order chi connectivity index (χ0) is 13.4. The molecular formula is C12H14N6O. The fourth-order valence-electron chi connectivity index (χ4n) is 2.20. The van der Waals surface area contributed by atoms with Gasteiger partial charge in [-0.2, -0.15) is 5.10 Å². The number of rotatable bonds is 2. The number of carbonyl (C=O) groups is 1. The van der Waals surface area contributed by atoms with E-state index in [0.29, 0.717) is 0 Å². The van der Waals surface area contributed by atoms with Crippen LogP contribution in [0.5, 0.6) is 0 Å². The molecule has 0 spiro atoms. The predicted octanol–water partition coefficient (Wildman–Crippen LogP) is 0.205. The Balaban J connectivity index is 1.89. The van der Waals surface area contributed by atoms with E-state index < -0.39 is 12.3 Å². The Morgan fingerprint density at radius 3 is 2.84 bits per heavy atom. The van der Waals surface area contributed by atoms with Gasteiger partial charge in [0, 0.05) is 0 Å². The molecule has 3 rings (SSSR count). The van der Waals surface area contributed by atoms with Gasteiger partial charge in [0.2, 0.25) is 0 Å². The molecule has 1 aromatic rings. The number of amidine groups is 1. The summed E-state index contributed by atoms with van der Waals surface area (Å²) in [6.07, 6.45) is -0.505. The van der Waals surface area contributed by atoms with Gasteiger partial charge in [0.05, 0.1) is 11.4 Å². The molecule has 7 heteroatoms. The Morgan fingerprint density at radius 2 is 2.16 bits per heavy atom. The number of hydrazone groups is 1. The smallest absolute Gasteiger partial charge is 0.314 e. The molecule has 2 aliphatic heterocycles. The Kier molecular flexibility index (Phi) is 2.68. The number of nitrogens with two attached hydrogens (primary N) is 1. The van der Waals surface area contributed by atoms with Crippen LogP contribution in [0.1, 0.15) is 6.92 Å². The van der Waals surface area contributed by atoms with Crippen molar-refractivity contribution in [3.05, 3.63) is 30.3 Å².